The molecule has 13 heteroatoms. The Morgan fingerprint density at radius 2 is 1.38 bits per heavy atom. The molecule has 13 nitrogen and oxygen atoms in total. The van der Waals surface area contributed by atoms with Gasteiger partial charge in [0.2, 0.25) is 0 Å². The highest BCUT2D eigenvalue weighted by Crippen LogP contribution is 2.42. The molecule has 2 atom stereocenters. The van der Waals surface area contributed by atoms with Gasteiger partial charge in [0.1, 0.15) is 0 Å². The summed E-state index contributed by atoms with van der Waals surface area (Å²) in [7, 11) is 0. The van der Waals surface area contributed by atoms with Gasteiger partial charge < -0.3 is 26.2 Å². The zero-order chi connectivity index (χ0) is 40.2. The number of carbonyl (C=O) groups excluding carboxylic acids is 1. The van der Waals surface area contributed by atoms with E-state index >= 15 is 0 Å². The minimum atomic E-state index is -0.161. The van der Waals surface area contributed by atoms with Gasteiger partial charge in [-0.2, -0.15) is 0 Å². The lowest BCUT2D eigenvalue weighted by Gasteiger charge is -2.46. The number of aryl methyl sites for hydroxylation is 4. The van der Waals surface area contributed by atoms with Gasteiger partial charge in [-0.25, -0.2) is 14.8 Å². The fourth-order valence-corrected chi connectivity index (χ4v) is 8.37. The number of piperidine rings is 2. The number of urea groups is 1. The molecule has 6 aromatic rings. The van der Waals surface area contributed by atoms with Crippen molar-refractivity contribution in [1.29, 1.82) is 0 Å². The molecular formula is C45H50N12O. The molecule has 2 saturated heterocycles. The zero-order valence-corrected chi connectivity index (χ0v) is 33.6. The Morgan fingerprint density at radius 1 is 0.741 bits per heavy atom. The average Bonchev–Trinajstić information content (AvgIpc) is 3.22. The first-order chi connectivity index (χ1) is 28.2. The third-order valence-electron chi connectivity index (χ3n) is 10.9. The third kappa shape index (κ3) is 8.38. The molecule has 0 saturated carbocycles. The number of pyridine rings is 6. The number of aromatic nitrogens is 6. The van der Waals surface area contributed by atoms with Crippen molar-refractivity contribution in [2.24, 2.45) is 0 Å². The quantitative estimate of drug-likeness (QED) is 0.160. The van der Waals surface area contributed by atoms with E-state index < -0.39 is 0 Å². The highest BCUT2D eigenvalue weighted by Gasteiger charge is 2.39. The van der Waals surface area contributed by atoms with E-state index in [-0.39, 0.29) is 12.1 Å². The van der Waals surface area contributed by atoms with E-state index in [4.69, 9.17) is 15.7 Å². The summed E-state index contributed by atoms with van der Waals surface area (Å²) < 4.78 is 0. The zero-order valence-electron chi connectivity index (χ0n) is 33.6. The molecule has 0 unspecified atom stereocenters. The minimum Gasteiger partial charge on any atom is -0.397 e. The van der Waals surface area contributed by atoms with Crippen LogP contribution in [-0.2, 0) is 0 Å². The molecule has 0 aliphatic carbocycles. The molecule has 2 amide bonds. The van der Waals surface area contributed by atoms with Gasteiger partial charge in [0.05, 0.1) is 46.4 Å². The first-order valence-electron chi connectivity index (χ1n) is 20.0. The molecule has 0 spiro atoms. The van der Waals surface area contributed by atoms with Crippen molar-refractivity contribution in [2.75, 3.05) is 57.2 Å². The Labute approximate surface area is 339 Å². The number of fused-ring (bicyclic) bond motifs is 8. The molecule has 4 N–H and O–H groups in total. The van der Waals surface area contributed by atoms with E-state index in [2.05, 4.69) is 72.4 Å². The second-order valence-corrected chi connectivity index (χ2v) is 15.4. The molecule has 10 heterocycles. The average molecular weight is 775 g/mol. The van der Waals surface area contributed by atoms with Crippen molar-refractivity contribution in [3.8, 4) is 22.5 Å². The number of nitrogen functional groups attached to an aromatic ring is 1. The van der Waals surface area contributed by atoms with Crippen molar-refractivity contribution in [1.82, 2.24) is 29.9 Å². The molecule has 0 radical (unpaired) electrons. The first-order valence-corrected chi connectivity index (χ1v) is 20.0. The van der Waals surface area contributed by atoms with Crippen LogP contribution in [0, 0.1) is 27.7 Å². The Hall–Kier alpha value is -6.63. The predicted octanol–water partition coefficient (Wildman–Crippen LogP) is 7.99. The van der Waals surface area contributed by atoms with E-state index in [1.54, 1.807) is 43.1 Å². The smallest absolute Gasteiger partial charge is 0.327 e. The summed E-state index contributed by atoms with van der Waals surface area (Å²) in [6.45, 7) is 12.4. The summed E-state index contributed by atoms with van der Waals surface area (Å²) in [5.41, 5.74) is 17.5. The van der Waals surface area contributed by atoms with Crippen LogP contribution in [0.5, 0.6) is 0 Å². The van der Waals surface area contributed by atoms with E-state index in [1.807, 2.05) is 55.3 Å². The molecule has 58 heavy (non-hydrogen) atoms. The molecule has 4 aliphatic heterocycles. The lowest BCUT2D eigenvalue weighted by molar-refractivity contribution is 0.252. The van der Waals surface area contributed by atoms with E-state index in [0.717, 1.165) is 95.8 Å². The topological polar surface area (TPSA) is 154 Å². The maximum atomic E-state index is 13.4. The maximum Gasteiger partial charge on any atom is 0.327 e. The van der Waals surface area contributed by atoms with Crippen molar-refractivity contribution in [2.45, 2.75) is 65.5 Å². The molecule has 6 aromatic heterocycles. The van der Waals surface area contributed by atoms with E-state index in [9.17, 15) is 4.79 Å². The monoisotopic (exact) mass is 774 g/mol. The Morgan fingerprint density at radius 3 is 2.00 bits per heavy atom. The van der Waals surface area contributed by atoms with Crippen LogP contribution in [0.2, 0.25) is 0 Å². The number of nitrogens with one attached hydrogen (secondary N) is 2. The van der Waals surface area contributed by atoms with Crippen LogP contribution < -0.4 is 31.1 Å². The van der Waals surface area contributed by atoms with Crippen LogP contribution >= 0.6 is 0 Å². The number of rotatable bonds is 3. The van der Waals surface area contributed by atoms with Crippen molar-refractivity contribution < 1.29 is 4.79 Å². The molecular weight excluding hydrogens is 725 g/mol. The van der Waals surface area contributed by atoms with Gasteiger partial charge in [-0.3, -0.25) is 24.8 Å². The summed E-state index contributed by atoms with van der Waals surface area (Å²) in [4.78, 5) is 46.4. The second-order valence-electron chi connectivity index (χ2n) is 15.4. The molecule has 296 valence electrons. The maximum absolute atomic E-state index is 13.4. The summed E-state index contributed by atoms with van der Waals surface area (Å²) >= 11 is 0. The first kappa shape index (κ1) is 38.3. The van der Waals surface area contributed by atoms with Crippen molar-refractivity contribution in [3.63, 3.8) is 0 Å². The normalized spacial score (nSPS) is 17.3. The number of hydrogen-bond donors (Lipinski definition) is 3. The van der Waals surface area contributed by atoms with Gasteiger partial charge in [0, 0.05) is 85.7 Å². The molecule has 0 aromatic carbocycles. The number of nitrogens with two attached hydrogens (primary N) is 1. The van der Waals surface area contributed by atoms with Gasteiger partial charge in [-0.15, -0.1) is 0 Å². The van der Waals surface area contributed by atoms with Gasteiger partial charge in [0.15, 0.2) is 11.6 Å². The third-order valence-corrected chi connectivity index (χ3v) is 10.9. The van der Waals surface area contributed by atoms with Gasteiger partial charge in [-0.1, -0.05) is 0 Å². The lowest BCUT2D eigenvalue weighted by Crippen LogP contribution is -2.56. The number of amides is 2. The van der Waals surface area contributed by atoms with Crippen LogP contribution in [0.25, 0.3) is 22.5 Å². The minimum absolute atomic E-state index is 0.101. The lowest BCUT2D eigenvalue weighted by atomic mass is 9.97. The Kier molecular flexibility index (Phi) is 11.1. The largest absolute Gasteiger partial charge is 0.397 e. The second kappa shape index (κ2) is 16.8. The van der Waals surface area contributed by atoms with Crippen LogP contribution in [0.4, 0.5) is 39.2 Å². The molecule has 4 bridgehead atoms. The predicted molar refractivity (Wildman–Crippen MR) is 232 cm³/mol. The van der Waals surface area contributed by atoms with Crippen molar-refractivity contribution >= 4 is 40.4 Å². The van der Waals surface area contributed by atoms with Crippen LogP contribution in [0.1, 0.15) is 48.2 Å². The van der Waals surface area contributed by atoms with Crippen LogP contribution in [0.15, 0.2) is 97.8 Å². The fraction of sp³-hybridized carbons (Fsp3) is 0.311. The summed E-state index contributed by atoms with van der Waals surface area (Å²) in [5.74, 6) is 1.78. The van der Waals surface area contributed by atoms with Gasteiger partial charge in [-0.05, 0) is 125 Å². The highest BCUT2D eigenvalue weighted by atomic mass is 16.2. The summed E-state index contributed by atoms with van der Waals surface area (Å²) in [6, 6.07) is 20.2. The number of anilines is 6. The number of carbonyl (C=O) groups is 1. The Bertz CT molecular complexity index is 2390. The molecule has 2 fully saturated rings. The fourth-order valence-electron chi connectivity index (χ4n) is 8.37. The van der Waals surface area contributed by atoms with Gasteiger partial charge >= 0.3 is 6.03 Å². The van der Waals surface area contributed by atoms with Crippen molar-refractivity contribution in [3.05, 3.63) is 120 Å². The standard InChI is InChI=1S/C23H24N6O.C17H20N4.C5H6N2/c1-15-11-20(17-7-9-25-16(2)12-17)27-22-21(15)28-10-4-6-19(14-28)29(22)23(30)26-18-5-3-8-24-13-18;1-11-8-15(13-5-6-18-12(2)9-13)20-17-16(11)21-7-3-4-14(10-21)19-17;6-5-2-1-3-7-4-5/h3,5,7-9,11-13,19H,4,6,10,14H2,1-2H3,(H,26,30);5-6,8-9,14H,3-4,7,10H2,1-2H3,(H,19,20);1-4H,6H2/t19-;14-;/m00./s1. The Balaban J connectivity index is 0.000000144. The van der Waals surface area contributed by atoms with Crippen LogP contribution in [-0.4, -0.2) is 74.2 Å². The number of nitrogens with zero attached hydrogens (tertiary/aromatic N) is 9. The van der Waals surface area contributed by atoms with E-state index in [0.29, 0.717) is 17.4 Å². The summed E-state index contributed by atoms with van der Waals surface area (Å²) in [5, 5.41) is 6.63. The number of hydrogen-bond acceptors (Lipinski definition) is 11. The molecule has 10 rings (SSSR count). The summed E-state index contributed by atoms with van der Waals surface area (Å²) in [6.07, 6.45) is 14.8. The highest BCUT2D eigenvalue weighted by molar-refractivity contribution is 6.05. The van der Waals surface area contributed by atoms with Gasteiger partial charge in [0.25, 0.3) is 0 Å². The SMILES string of the molecule is Cc1cc(-c2cc(C)c3c(n2)N(C(=O)Nc2cccnc2)[C@H]2CCCN3C2)ccn1.Cc1cc(-c2cc(C)c3c(n2)N[C@H]2CCCN3C2)ccn1.Nc1cccnc1. The van der Waals surface area contributed by atoms with E-state index in [1.165, 1.54) is 24.1 Å². The molecule has 4 aliphatic rings. The van der Waals surface area contributed by atoms with Crippen LogP contribution in [0.3, 0.4) is 0 Å².